The molecule has 0 saturated heterocycles. The third-order valence-electron chi connectivity index (χ3n) is 7.13. The van der Waals surface area contributed by atoms with Gasteiger partial charge in [0.15, 0.2) is 7.14 Å². The highest BCUT2D eigenvalue weighted by atomic mass is 31.2. The summed E-state index contributed by atoms with van der Waals surface area (Å²) in [5.74, 6) is 0. The maximum Gasteiger partial charge on any atom is 0.171 e. The van der Waals surface area contributed by atoms with Crippen molar-refractivity contribution >= 4 is 55.9 Å². The monoisotopic (exact) mass is 506 g/mol. The van der Waals surface area contributed by atoms with Crippen molar-refractivity contribution in [2.45, 2.75) is 0 Å². The summed E-state index contributed by atoms with van der Waals surface area (Å²) in [4.78, 5) is 9.90. The van der Waals surface area contributed by atoms with Crippen LogP contribution in [0.4, 0.5) is 0 Å². The zero-order valence-electron chi connectivity index (χ0n) is 20.5. The molecule has 0 amide bonds. The predicted octanol–water partition coefficient (Wildman–Crippen LogP) is 7.24. The summed E-state index contributed by atoms with van der Waals surface area (Å²) >= 11 is 0. The molecule has 0 aliphatic rings. The Kier molecular flexibility index (Phi) is 5.39. The Balaban J connectivity index is 1.42. The Labute approximate surface area is 220 Å². The van der Waals surface area contributed by atoms with Crippen LogP contribution in [0.3, 0.4) is 0 Å². The molecule has 180 valence electrons. The summed E-state index contributed by atoms with van der Waals surface area (Å²) in [5.41, 5.74) is 5.66. The van der Waals surface area contributed by atoms with Gasteiger partial charge in [-0.1, -0.05) is 121 Å². The second kappa shape index (κ2) is 9.06. The Hall–Kier alpha value is -4.59. The summed E-state index contributed by atoms with van der Waals surface area (Å²) in [6, 6.07) is 46.2. The highest BCUT2D eigenvalue weighted by Crippen LogP contribution is 2.43. The van der Waals surface area contributed by atoms with Gasteiger partial charge in [0.25, 0.3) is 0 Å². The topological polar surface area (TPSA) is 42.9 Å². The van der Waals surface area contributed by atoms with Crippen LogP contribution in [0.1, 0.15) is 0 Å². The zero-order valence-corrected chi connectivity index (χ0v) is 21.4. The van der Waals surface area contributed by atoms with Crippen molar-refractivity contribution in [2.75, 3.05) is 0 Å². The number of para-hydroxylation sites is 2. The molecule has 1 heterocycles. The van der Waals surface area contributed by atoms with Crippen LogP contribution in [0, 0.1) is 0 Å². The van der Waals surface area contributed by atoms with Crippen LogP contribution in [-0.2, 0) is 4.57 Å². The first-order valence-corrected chi connectivity index (χ1v) is 14.3. The molecule has 0 atom stereocenters. The standard InChI is InChI=1S/C34H23N2OP/c37-38(25-11-3-1-4-12-25,26-13-5-2-6-14-26)27-21-19-24(20-22-27)30-23-33-34(29-16-8-7-15-28(29)30)36-32-18-10-9-17-31(32)35-33/h1-23H. The van der Waals surface area contributed by atoms with E-state index in [1.54, 1.807) is 0 Å². The predicted molar refractivity (Wildman–Crippen MR) is 159 cm³/mol. The zero-order chi connectivity index (χ0) is 25.5. The Morgan fingerprint density at radius 3 is 1.58 bits per heavy atom. The number of hydrogen-bond acceptors (Lipinski definition) is 3. The van der Waals surface area contributed by atoms with Crippen LogP contribution >= 0.6 is 7.14 Å². The lowest BCUT2D eigenvalue weighted by molar-refractivity contribution is 0.592. The van der Waals surface area contributed by atoms with E-state index in [-0.39, 0.29) is 0 Å². The van der Waals surface area contributed by atoms with Crippen molar-refractivity contribution in [2.24, 2.45) is 0 Å². The molecule has 4 heteroatoms. The van der Waals surface area contributed by atoms with E-state index in [9.17, 15) is 4.57 Å². The van der Waals surface area contributed by atoms with Gasteiger partial charge < -0.3 is 4.57 Å². The van der Waals surface area contributed by atoms with Gasteiger partial charge in [-0.25, -0.2) is 9.97 Å². The van der Waals surface area contributed by atoms with Crippen LogP contribution in [0.15, 0.2) is 140 Å². The van der Waals surface area contributed by atoms with Crippen LogP contribution in [0.2, 0.25) is 0 Å². The van der Waals surface area contributed by atoms with Gasteiger partial charge >= 0.3 is 0 Å². The molecule has 3 nitrogen and oxygen atoms in total. The van der Waals surface area contributed by atoms with Gasteiger partial charge in [0.2, 0.25) is 0 Å². The van der Waals surface area contributed by atoms with Crippen molar-refractivity contribution in [3.05, 3.63) is 140 Å². The number of fused-ring (bicyclic) bond motifs is 4. The number of benzene rings is 6. The number of hydrogen-bond donors (Lipinski definition) is 0. The Morgan fingerprint density at radius 2 is 0.947 bits per heavy atom. The number of aromatic nitrogens is 2. The summed E-state index contributed by atoms with van der Waals surface area (Å²) in [7, 11) is -3.02. The SMILES string of the molecule is O=P(c1ccccc1)(c1ccccc1)c1ccc(-c2cc3nc4ccccc4nc3c3ccccc23)cc1. The molecule has 0 bridgehead atoms. The smallest absolute Gasteiger partial charge is 0.171 e. The summed E-state index contributed by atoms with van der Waals surface area (Å²) in [6.07, 6.45) is 0. The summed E-state index contributed by atoms with van der Waals surface area (Å²) in [5, 5.41) is 4.66. The lowest BCUT2D eigenvalue weighted by Gasteiger charge is -2.20. The quantitative estimate of drug-likeness (QED) is 0.144. The molecule has 0 spiro atoms. The molecule has 0 N–H and O–H groups in total. The van der Waals surface area contributed by atoms with Crippen LogP contribution in [-0.4, -0.2) is 9.97 Å². The van der Waals surface area contributed by atoms with Crippen molar-refractivity contribution in [3.8, 4) is 11.1 Å². The molecule has 0 fully saturated rings. The van der Waals surface area contributed by atoms with Gasteiger partial charge in [-0.05, 0) is 34.7 Å². The first-order valence-electron chi connectivity index (χ1n) is 12.6. The molecule has 1 aromatic heterocycles. The first-order chi connectivity index (χ1) is 18.7. The molecular formula is C34H23N2OP. The maximum absolute atomic E-state index is 14.8. The molecular weight excluding hydrogens is 483 g/mol. The summed E-state index contributed by atoms with van der Waals surface area (Å²) in [6.45, 7) is 0. The fraction of sp³-hybridized carbons (Fsp3) is 0. The minimum absolute atomic E-state index is 0.814. The lowest BCUT2D eigenvalue weighted by Crippen LogP contribution is -2.24. The van der Waals surface area contributed by atoms with Crippen LogP contribution in [0.5, 0.6) is 0 Å². The van der Waals surface area contributed by atoms with Gasteiger partial charge in [0.05, 0.1) is 22.1 Å². The van der Waals surface area contributed by atoms with Gasteiger partial charge in [-0.15, -0.1) is 0 Å². The van der Waals surface area contributed by atoms with Gasteiger partial charge in [-0.3, -0.25) is 0 Å². The highest BCUT2D eigenvalue weighted by Gasteiger charge is 2.29. The average molecular weight is 507 g/mol. The number of nitrogens with zero attached hydrogens (tertiary/aromatic N) is 2. The fourth-order valence-electron chi connectivity index (χ4n) is 5.26. The molecule has 0 unspecified atom stereocenters. The molecule has 6 aromatic carbocycles. The lowest BCUT2D eigenvalue weighted by atomic mass is 9.97. The van der Waals surface area contributed by atoms with E-state index < -0.39 is 7.14 Å². The second-order valence-electron chi connectivity index (χ2n) is 9.38. The molecule has 0 saturated carbocycles. The van der Waals surface area contributed by atoms with Crippen molar-refractivity contribution in [3.63, 3.8) is 0 Å². The highest BCUT2D eigenvalue weighted by molar-refractivity contribution is 7.85. The van der Waals surface area contributed by atoms with E-state index in [1.807, 2.05) is 103 Å². The van der Waals surface area contributed by atoms with Crippen molar-refractivity contribution in [1.29, 1.82) is 0 Å². The van der Waals surface area contributed by atoms with Crippen molar-refractivity contribution in [1.82, 2.24) is 9.97 Å². The van der Waals surface area contributed by atoms with Crippen molar-refractivity contribution < 1.29 is 4.57 Å². The van der Waals surface area contributed by atoms with Gasteiger partial charge in [0.1, 0.15) is 0 Å². The van der Waals surface area contributed by atoms with E-state index in [4.69, 9.17) is 9.97 Å². The average Bonchev–Trinajstić information content (AvgIpc) is 3.00. The second-order valence-corrected chi connectivity index (χ2v) is 12.1. The Bertz CT molecular complexity index is 1940. The number of rotatable bonds is 4. The molecule has 7 rings (SSSR count). The van der Waals surface area contributed by atoms with E-state index >= 15 is 0 Å². The molecule has 38 heavy (non-hydrogen) atoms. The molecule has 0 radical (unpaired) electrons. The minimum atomic E-state index is -3.02. The van der Waals surface area contributed by atoms with Crippen LogP contribution in [0.25, 0.3) is 44.0 Å². The minimum Gasteiger partial charge on any atom is -0.309 e. The van der Waals surface area contributed by atoms with E-state index in [0.717, 1.165) is 59.9 Å². The molecule has 0 aliphatic heterocycles. The Morgan fingerprint density at radius 1 is 0.447 bits per heavy atom. The van der Waals surface area contributed by atoms with Crippen LogP contribution < -0.4 is 15.9 Å². The maximum atomic E-state index is 14.8. The van der Waals surface area contributed by atoms with E-state index in [1.165, 1.54) is 0 Å². The van der Waals surface area contributed by atoms with Gasteiger partial charge in [-0.2, -0.15) is 0 Å². The van der Waals surface area contributed by atoms with E-state index in [2.05, 4.69) is 36.4 Å². The largest absolute Gasteiger partial charge is 0.309 e. The normalized spacial score (nSPS) is 11.8. The molecule has 7 aromatic rings. The first kappa shape index (κ1) is 22.6. The van der Waals surface area contributed by atoms with E-state index in [0.29, 0.717) is 0 Å². The van der Waals surface area contributed by atoms with Gasteiger partial charge in [0, 0.05) is 21.3 Å². The third-order valence-corrected chi connectivity index (χ3v) is 10.2. The summed E-state index contributed by atoms with van der Waals surface area (Å²) < 4.78 is 14.8. The molecule has 0 aliphatic carbocycles. The third kappa shape index (κ3) is 3.63. The fourth-order valence-corrected chi connectivity index (χ4v) is 7.91.